The van der Waals surface area contributed by atoms with Gasteiger partial charge in [-0.15, -0.1) is 0 Å². The van der Waals surface area contributed by atoms with Crippen LogP contribution in [0.5, 0.6) is 0 Å². The van der Waals surface area contributed by atoms with Crippen LogP contribution in [0.25, 0.3) is 0 Å². The van der Waals surface area contributed by atoms with Gasteiger partial charge in [-0.2, -0.15) is 13.7 Å². The molecule has 17 heavy (non-hydrogen) atoms. The zero-order chi connectivity index (χ0) is 12.9. The summed E-state index contributed by atoms with van der Waals surface area (Å²) in [5.74, 6) is 0. The highest BCUT2D eigenvalue weighted by molar-refractivity contribution is 7.86. The Labute approximate surface area is 102 Å². The van der Waals surface area contributed by atoms with Crippen molar-refractivity contribution in [2.24, 2.45) is 0 Å². The normalized spacial score (nSPS) is 13.0. The lowest BCUT2D eigenvalue weighted by atomic mass is 10.2. The van der Waals surface area contributed by atoms with Crippen molar-refractivity contribution in [3.63, 3.8) is 0 Å². The summed E-state index contributed by atoms with van der Waals surface area (Å²) >= 11 is 0. The fourth-order valence-electron chi connectivity index (χ4n) is 1.29. The minimum absolute atomic E-state index is 0.145. The molecule has 1 aromatic rings. The summed E-state index contributed by atoms with van der Waals surface area (Å²) < 4.78 is 28.6. The van der Waals surface area contributed by atoms with E-state index in [1.165, 1.54) is 12.1 Å². The minimum Gasteiger partial charge on any atom is -0.263 e. The number of hydrogen-bond acceptors (Lipinski definition) is 4. The summed E-state index contributed by atoms with van der Waals surface area (Å²) in [5, 5.41) is 8.41. The zero-order valence-electron chi connectivity index (χ0n) is 9.88. The molecule has 1 rings (SSSR count). The van der Waals surface area contributed by atoms with E-state index < -0.39 is 16.2 Å². The van der Waals surface area contributed by atoms with E-state index in [2.05, 4.69) is 0 Å². The molecule has 92 valence electrons. The van der Waals surface area contributed by atoms with E-state index in [-0.39, 0.29) is 11.3 Å². The monoisotopic (exact) mass is 253 g/mol. The maximum atomic E-state index is 11.8. The number of nitriles is 1. The molecular formula is C12H15NO3S. The van der Waals surface area contributed by atoms with Gasteiger partial charge in [-0.05, 0) is 32.4 Å². The average Bonchev–Trinajstić information content (AvgIpc) is 2.26. The van der Waals surface area contributed by atoms with Gasteiger partial charge in [0.05, 0.1) is 17.1 Å². The van der Waals surface area contributed by atoms with Gasteiger partial charge in [0, 0.05) is 6.42 Å². The topological polar surface area (TPSA) is 67.2 Å². The molecule has 5 heteroatoms. The second-order valence-electron chi connectivity index (χ2n) is 3.87. The molecule has 0 saturated heterocycles. The number of hydrogen-bond donors (Lipinski definition) is 0. The van der Waals surface area contributed by atoms with Crippen molar-refractivity contribution >= 4 is 10.1 Å². The molecule has 1 aromatic carbocycles. The van der Waals surface area contributed by atoms with Gasteiger partial charge >= 0.3 is 0 Å². The van der Waals surface area contributed by atoms with Crippen LogP contribution in [0, 0.1) is 18.3 Å². The standard InChI is InChI=1S/C12H15NO3S/c1-10-5-7-12(8-6-10)17(14,15)16-11(2)4-3-9-13/h5-8,11H,3-4H2,1-2H3/t11-/m1/s1. The summed E-state index contributed by atoms with van der Waals surface area (Å²) in [7, 11) is -3.72. The highest BCUT2D eigenvalue weighted by Gasteiger charge is 2.18. The van der Waals surface area contributed by atoms with Crippen LogP contribution < -0.4 is 0 Å². The smallest absolute Gasteiger partial charge is 0.263 e. The van der Waals surface area contributed by atoms with Crippen molar-refractivity contribution in [3.8, 4) is 6.07 Å². The summed E-state index contributed by atoms with van der Waals surface area (Å²) in [4.78, 5) is 0.145. The van der Waals surface area contributed by atoms with Crippen molar-refractivity contribution in [2.45, 2.75) is 37.7 Å². The van der Waals surface area contributed by atoms with Gasteiger partial charge < -0.3 is 0 Å². The second-order valence-corrected chi connectivity index (χ2v) is 5.44. The molecule has 0 radical (unpaired) electrons. The Kier molecular flexibility index (Phi) is 4.67. The maximum Gasteiger partial charge on any atom is 0.297 e. The lowest BCUT2D eigenvalue weighted by Crippen LogP contribution is -2.15. The number of aryl methyl sites for hydroxylation is 1. The quantitative estimate of drug-likeness (QED) is 0.756. The van der Waals surface area contributed by atoms with Gasteiger partial charge in [0.25, 0.3) is 10.1 Å². The molecule has 0 saturated carbocycles. The number of rotatable bonds is 5. The Morgan fingerprint density at radius 1 is 1.35 bits per heavy atom. The molecular weight excluding hydrogens is 238 g/mol. The van der Waals surface area contributed by atoms with Gasteiger partial charge in [-0.25, -0.2) is 0 Å². The highest BCUT2D eigenvalue weighted by atomic mass is 32.2. The Bertz CT molecular complexity index is 500. The summed E-state index contributed by atoms with van der Waals surface area (Å²) in [6.07, 6.45) is 0.201. The Hall–Kier alpha value is -1.38. The van der Waals surface area contributed by atoms with Crippen LogP contribution in [0.1, 0.15) is 25.3 Å². The summed E-state index contributed by atoms with van der Waals surface area (Å²) in [6.45, 7) is 3.52. The van der Waals surface area contributed by atoms with Crippen LogP contribution in [0.3, 0.4) is 0 Å². The summed E-state index contributed by atoms with van der Waals surface area (Å²) in [6, 6.07) is 8.42. The van der Waals surface area contributed by atoms with Gasteiger partial charge in [0.1, 0.15) is 0 Å². The first-order valence-corrected chi connectivity index (χ1v) is 6.73. The molecule has 0 aliphatic rings. The van der Waals surface area contributed by atoms with E-state index in [4.69, 9.17) is 9.44 Å². The van der Waals surface area contributed by atoms with Crippen LogP contribution in [0.2, 0.25) is 0 Å². The summed E-state index contributed by atoms with van der Waals surface area (Å²) in [5.41, 5.74) is 0.987. The Morgan fingerprint density at radius 2 is 1.94 bits per heavy atom. The third-order valence-electron chi connectivity index (χ3n) is 2.26. The zero-order valence-corrected chi connectivity index (χ0v) is 10.7. The Morgan fingerprint density at radius 3 is 2.47 bits per heavy atom. The molecule has 0 heterocycles. The number of benzene rings is 1. The van der Waals surface area contributed by atoms with Crippen LogP contribution in [-0.2, 0) is 14.3 Å². The van der Waals surface area contributed by atoms with Crippen LogP contribution in [-0.4, -0.2) is 14.5 Å². The minimum atomic E-state index is -3.72. The third-order valence-corrected chi connectivity index (χ3v) is 3.69. The molecule has 0 unspecified atom stereocenters. The van der Waals surface area contributed by atoms with Crippen molar-refractivity contribution in [3.05, 3.63) is 29.8 Å². The first-order chi connectivity index (χ1) is 7.95. The molecule has 0 aromatic heterocycles. The molecule has 0 aliphatic heterocycles. The van der Waals surface area contributed by atoms with Crippen molar-refractivity contribution in [2.75, 3.05) is 0 Å². The van der Waals surface area contributed by atoms with E-state index in [0.717, 1.165) is 5.56 Å². The Balaban J connectivity index is 2.75. The first-order valence-electron chi connectivity index (χ1n) is 5.32. The predicted molar refractivity (Wildman–Crippen MR) is 63.8 cm³/mol. The van der Waals surface area contributed by atoms with Gasteiger partial charge in [-0.3, -0.25) is 4.18 Å². The first kappa shape index (κ1) is 13.7. The van der Waals surface area contributed by atoms with E-state index in [9.17, 15) is 8.42 Å². The molecule has 4 nitrogen and oxygen atoms in total. The third kappa shape index (κ3) is 4.17. The van der Waals surface area contributed by atoms with Gasteiger partial charge in [-0.1, -0.05) is 17.7 Å². The van der Waals surface area contributed by atoms with E-state index >= 15 is 0 Å². The lowest BCUT2D eigenvalue weighted by Gasteiger charge is -2.11. The fourth-order valence-corrected chi connectivity index (χ4v) is 2.40. The van der Waals surface area contributed by atoms with E-state index in [1.54, 1.807) is 19.1 Å². The van der Waals surface area contributed by atoms with Crippen LogP contribution in [0.15, 0.2) is 29.2 Å². The van der Waals surface area contributed by atoms with Crippen LogP contribution >= 0.6 is 0 Å². The van der Waals surface area contributed by atoms with Gasteiger partial charge in [0.15, 0.2) is 0 Å². The highest BCUT2D eigenvalue weighted by Crippen LogP contribution is 2.16. The molecule has 0 spiro atoms. The van der Waals surface area contributed by atoms with E-state index in [0.29, 0.717) is 6.42 Å². The SMILES string of the molecule is Cc1ccc(S(=O)(=O)O[C@H](C)CCC#N)cc1. The predicted octanol–water partition coefficient (Wildman–Crippen LogP) is 2.39. The van der Waals surface area contributed by atoms with Crippen molar-refractivity contribution in [1.82, 2.24) is 0 Å². The van der Waals surface area contributed by atoms with Crippen molar-refractivity contribution < 1.29 is 12.6 Å². The maximum absolute atomic E-state index is 11.8. The number of nitrogens with zero attached hydrogens (tertiary/aromatic N) is 1. The largest absolute Gasteiger partial charge is 0.297 e. The molecule has 0 fully saturated rings. The second kappa shape index (κ2) is 5.80. The molecule has 0 amide bonds. The lowest BCUT2D eigenvalue weighted by molar-refractivity contribution is 0.220. The molecule has 1 atom stereocenters. The molecule has 0 aliphatic carbocycles. The molecule has 0 bridgehead atoms. The average molecular weight is 253 g/mol. The van der Waals surface area contributed by atoms with E-state index in [1.807, 2.05) is 13.0 Å². The molecule has 0 N–H and O–H groups in total. The van der Waals surface area contributed by atoms with Gasteiger partial charge in [0.2, 0.25) is 0 Å². The van der Waals surface area contributed by atoms with Crippen molar-refractivity contribution in [1.29, 1.82) is 5.26 Å². The fraction of sp³-hybridized carbons (Fsp3) is 0.417. The van der Waals surface area contributed by atoms with Crippen LogP contribution in [0.4, 0.5) is 0 Å².